The van der Waals surface area contributed by atoms with Gasteiger partial charge >= 0.3 is 0 Å². The minimum absolute atomic E-state index is 0.376. The summed E-state index contributed by atoms with van der Waals surface area (Å²) in [6.07, 6.45) is 4.68. The molecule has 26 heavy (non-hydrogen) atoms. The quantitative estimate of drug-likeness (QED) is 0.530. The molecule has 3 rings (SSSR count). The van der Waals surface area contributed by atoms with Crippen LogP contribution in [-0.4, -0.2) is 38.2 Å². The van der Waals surface area contributed by atoms with Crippen molar-refractivity contribution in [3.63, 3.8) is 0 Å². The second-order valence-electron chi connectivity index (χ2n) is 6.77. The lowest BCUT2D eigenvalue weighted by molar-refractivity contribution is 0.220. The molecule has 0 amide bonds. The van der Waals surface area contributed by atoms with E-state index in [4.69, 9.17) is 4.74 Å². The van der Waals surface area contributed by atoms with Gasteiger partial charge in [-0.1, -0.05) is 18.6 Å². The van der Waals surface area contributed by atoms with Gasteiger partial charge in [-0.15, -0.1) is 0 Å². The molecule has 1 aliphatic rings. The monoisotopic (exact) mass is 357 g/mol. The third kappa shape index (κ3) is 4.43. The van der Waals surface area contributed by atoms with Crippen LogP contribution in [-0.2, 0) is 6.54 Å². The molecular formula is C20H27N3O3. The number of hydrogen-bond donors (Lipinski definition) is 2. The first-order valence-corrected chi connectivity index (χ1v) is 9.38. The zero-order valence-corrected chi connectivity index (χ0v) is 15.3. The summed E-state index contributed by atoms with van der Waals surface area (Å²) in [5, 5.41) is 5.76. The number of rotatable bonds is 9. The summed E-state index contributed by atoms with van der Waals surface area (Å²) in [5.41, 5.74) is 1.16. The lowest BCUT2D eigenvalue weighted by Gasteiger charge is -2.26. The highest BCUT2D eigenvalue weighted by Gasteiger charge is 2.18. The van der Waals surface area contributed by atoms with E-state index >= 15 is 0 Å². The topological polar surface area (TPSA) is 70.7 Å². The third-order valence-corrected chi connectivity index (χ3v) is 4.81. The highest BCUT2D eigenvalue weighted by Crippen LogP contribution is 2.18. The zero-order valence-electron chi connectivity index (χ0n) is 15.3. The fourth-order valence-electron chi connectivity index (χ4n) is 3.38. The van der Waals surface area contributed by atoms with Crippen LogP contribution in [0.2, 0.25) is 0 Å². The first kappa shape index (κ1) is 18.5. The molecule has 0 radical (unpaired) electrons. The second-order valence-corrected chi connectivity index (χ2v) is 6.77. The summed E-state index contributed by atoms with van der Waals surface area (Å²) < 4.78 is 5.83. The molecule has 0 aromatic heterocycles. The Kier molecular flexibility index (Phi) is 6.28. The molecule has 0 unspecified atom stereocenters. The number of anilines is 2. The molecule has 6 heteroatoms. The SMILES string of the molecule is CNc1c(NCCCOc2cccc(CN3CCCCC3)c2)c(=O)c1=O. The average molecular weight is 357 g/mol. The van der Waals surface area contributed by atoms with Crippen molar-refractivity contribution in [2.45, 2.75) is 32.2 Å². The number of ether oxygens (including phenoxy) is 1. The maximum Gasteiger partial charge on any atom is 0.253 e. The highest BCUT2D eigenvalue weighted by atomic mass is 16.5. The van der Waals surface area contributed by atoms with Crippen LogP contribution < -0.4 is 26.2 Å². The molecule has 0 aliphatic carbocycles. The number of hydrogen-bond acceptors (Lipinski definition) is 6. The fraction of sp³-hybridized carbons (Fsp3) is 0.500. The van der Waals surface area contributed by atoms with Gasteiger partial charge in [-0.25, -0.2) is 0 Å². The average Bonchev–Trinajstić information content (AvgIpc) is 2.67. The predicted octanol–water partition coefficient (Wildman–Crippen LogP) is 2.19. The van der Waals surface area contributed by atoms with Crippen LogP contribution in [0.4, 0.5) is 11.4 Å². The summed E-state index contributed by atoms with van der Waals surface area (Å²) in [7, 11) is 1.64. The second kappa shape index (κ2) is 8.85. The molecule has 0 bridgehead atoms. The van der Waals surface area contributed by atoms with Crippen molar-refractivity contribution >= 4 is 11.4 Å². The highest BCUT2D eigenvalue weighted by molar-refractivity contribution is 5.73. The molecule has 0 saturated carbocycles. The Hall–Kier alpha value is -2.34. The zero-order chi connectivity index (χ0) is 18.4. The van der Waals surface area contributed by atoms with Gasteiger partial charge in [0.2, 0.25) is 0 Å². The normalized spacial score (nSPS) is 15.1. The largest absolute Gasteiger partial charge is 0.494 e. The van der Waals surface area contributed by atoms with E-state index in [0.717, 1.165) is 18.7 Å². The third-order valence-electron chi connectivity index (χ3n) is 4.81. The molecule has 2 aromatic rings. The molecule has 0 spiro atoms. The maximum atomic E-state index is 11.5. The number of likely N-dealkylation sites (tertiary alicyclic amines) is 1. The van der Waals surface area contributed by atoms with Crippen molar-refractivity contribution in [1.29, 1.82) is 0 Å². The summed E-state index contributed by atoms with van der Waals surface area (Å²) in [6.45, 7) is 4.50. The van der Waals surface area contributed by atoms with E-state index in [-0.39, 0.29) is 0 Å². The Morgan fingerprint density at radius 1 is 1.08 bits per heavy atom. The molecule has 0 atom stereocenters. The molecule has 2 aromatic carbocycles. The Labute approximate surface area is 153 Å². The standard InChI is InChI=1S/C20H27N3O3/c1-21-17-18(20(25)19(17)24)22-9-6-12-26-16-8-5-7-15(13-16)14-23-10-3-2-4-11-23/h5,7-8,13,21-22H,2-4,6,9-12,14H2,1H3. The lowest BCUT2D eigenvalue weighted by atomic mass is 10.1. The molecule has 1 heterocycles. The molecule has 140 valence electrons. The molecule has 1 aliphatic heterocycles. The smallest absolute Gasteiger partial charge is 0.253 e. The number of piperidine rings is 1. The molecular weight excluding hydrogens is 330 g/mol. The van der Waals surface area contributed by atoms with Crippen LogP contribution in [0, 0.1) is 0 Å². The van der Waals surface area contributed by atoms with Gasteiger partial charge in [-0.3, -0.25) is 14.5 Å². The van der Waals surface area contributed by atoms with Crippen molar-refractivity contribution in [3.05, 3.63) is 50.3 Å². The van der Waals surface area contributed by atoms with Crippen molar-refractivity contribution < 1.29 is 4.74 Å². The van der Waals surface area contributed by atoms with E-state index in [1.165, 1.54) is 37.9 Å². The first-order chi connectivity index (χ1) is 12.7. The molecule has 1 saturated heterocycles. The number of nitrogens with one attached hydrogen (secondary N) is 2. The van der Waals surface area contributed by atoms with Crippen molar-refractivity contribution in [2.24, 2.45) is 0 Å². The maximum absolute atomic E-state index is 11.5. The Balaban J connectivity index is 1.40. The van der Waals surface area contributed by atoms with Crippen LogP contribution >= 0.6 is 0 Å². The number of nitrogens with zero attached hydrogens (tertiary/aromatic N) is 1. The Morgan fingerprint density at radius 3 is 2.62 bits per heavy atom. The van der Waals surface area contributed by atoms with Gasteiger partial charge in [0.05, 0.1) is 6.61 Å². The van der Waals surface area contributed by atoms with Gasteiger partial charge in [0.1, 0.15) is 17.1 Å². The Morgan fingerprint density at radius 2 is 1.85 bits per heavy atom. The predicted molar refractivity (Wildman–Crippen MR) is 105 cm³/mol. The van der Waals surface area contributed by atoms with E-state index in [9.17, 15) is 9.59 Å². The number of benzene rings is 1. The molecule has 2 N–H and O–H groups in total. The van der Waals surface area contributed by atoms with Crippen LogP contribution in [0.3, 0.4) is 0 Å². The lowest BCUT2D eigenvalue weighted by Crippen LogP contribution is -2.37. The van der Waals surface area contributed by atoms with Crippen molar-refractivity contribution in [2.75, 3.05) is 43.9 Å². The summed E-state index contributed by atoms with van der Waals surface area (Å²) in [6, 6.07) is 8.27. The minimum atomic E-state index is -0.447. The van der Waals surface area contributed by atoms with E-state index < -0.39 is 10.9 Å². The van der Waals surface area contributed by atoms with Gasteiger partial charge in [0.15, 0.2) is 0 Å². The van der Waals surface area contributed by atoms with Crippen LogP contribution in [0.5, 0.6) is 5.75 Å². The first-order valence-electron chi connectivity index (χ1n) is 9.38. The van der Waals surface area contributed by atoms with Crippen LogP contribution in [0.25, 0.3) is 0 Å². The van der Waals surface area contributed by atoms with E-state index in [1.807, 2.05) is 12.1 Å². The van der Waals surface area contributed by atoms with E-state index in [0.29, 0.717) is 24.5 Å². The van der Waals surface area contributed by atoms with Gasteiger partial charge < -0.3 is 15.4 Å². The Bertz CT molecular complexity index is 790. The van der Waals surface area contributed by atoms with Crippen molar-refractivity contribution in [1.82, 2.24) is 4.90 Å². The molecule has 6 nitrogen and oxygen atoms in total. The van der Waals surface area contributed by atoms with E-state index in [1.54, 1.807) is 7.05 Å². The van der Waals surface area contributed by atoms with E-state index in [2.05, 4.69) is 27.7 Å². The van der Waals surface area contributed by atoms with Crippen LogP contribution in [0.1, 0.15) is 31.2 Å². The van der Waals surface area contributed by atoms with Gasteiger partial charge in [-0.2, -0.15) is 0 Å². The van der Waals surface area contributed by atoms with Gasteiger partial charge in [-0.05, 0) is 50.0 Å². The fourth-order valence-corrected chi connectivity index (χ4v) is 3.38. The summed E-state index contributed by atoms with van der Waals surface area (Å²) >= 11 is 0. The minimum Gasteiger partial charge on any atom is -0.494 e. The van der Waals surface area contributed by atoms with Crippen molar-refractivity contribution in [3.8, 4) is 5.75 Å². The van der Waals surface area contributed by atoms with Gasteiger partial charge in [0.25, 0.3) is 10.9 Å². The van der Waals surface area contributed by atoms with Crippen LogP contribution in [0.15, 0.2) is 33.9 Å². The molecule has 1 fully saturated rings. The summed E-state index contributed by atoms with van der Waals surface area (Å²) in [5.74, 6) is 0.879. The van der Waals surface area contributed by atoms with Gasteiger partial charge in [0, 0.05) is 20.1 Å². The summed E-state index contributed by atoms with van der Waals surface area (Å²) in [4.78, 5) is 25.3.